The van der Waals surface area contributed by atoms with Crippen LogP contribution in [0.15, 0.2) is 29.2 Å². The van der Waals surface area contributed by atoms with Gasteiger partial charge in [-0.25, -0.2) is 8.42 Å². The lowest BCUT2D eigenvalue weighted by Gasteiger charge is -2.15. The molecule has 0 unspecified atom stereocenters. The number of rotatable bonds is 5. The second-order valence-corrected chi connectivity index (χ2v) is 6.83. The molecule has 1 amide bonds. The maximum atomic E-state index is 12.3. The molecule has 0 aromatic heterocycles. The van der Waals surface area contributed by atoms with Crippen molar-refractivity contribution < 1.29 is 22.7 Å². The van der Waals surface area contributed by atoms with Crippen LogP contribution in [-0.4, -0.2) is 51.3 Å². The zero-order valence-electron chi connectivity index (χ0n) is 12.2. The first kappa shape index (κ1) is 16.4. The maximum absolute atomic E-state index is 12.3. The van der Waals surface area contributed by atoms with Gasteiger partial charge in [0.2, 0.25) is 10.0 Å². The molecule has 2 rings (SSSR count). The minimum atomic E-state index is -3.48. The highest BCUT2D eigenvalue weighted by Gasteiger charge is 2.27. The number of hydrogen-bond acceptors (Lipinski definition) is 5. The minimum absolute atomic E-state index is 0.166. The fraction of sp³-hybridized carbons (Fsp3) is 0.429. The van der Waals surface area contributed by atoms with Crippen LogP contribution in [0.2, 0.25) is 0 Å². The van der Waals surface area contributed by atoms with Crippen LogP contribution in [0.25, 0.3) is 0 Å². The molecule has 120 valence electrons. The van der Waals surface area contributed by atoms with Crippen LogP contribution in [0.1, 0.15) is 23.2 Å². The lowest BCUT2D eigenvalue weighted by atomic mass is 10.2. The number of carbonyl (C=O) groups is 2. The highest BCUT2D eigenvalue weighted by molar-refractivity contribution is 7.89. The molecule has 1 saturated heterocycles. The first-order valence-electron chi connectivity index (χ1n) is 6.90. The van der Waals surface area contributed by atoms with Gasteiger partial charge in [-0.2, -0.15) is 4.31 Å². The summed E-state index contributed by atoms with van der Waals surface area (Å²) in [5.41, 5.74) is 0.282. The van der Waals surface area contributed by atoms with Gasteiger partial charge in [-0.1, -0.05) is 0 Å². The van der Waals surface area contributed by atoms with Crippen LogP contribution in [0.5, 0.6) is 0 Å². The summed E-state index contributed by atoms with van der Waals surface area (Å²) in [6.07, 6.45) is 1.74. The van der Waals surface area contributed by atoms with Crippen LogP contribution >= 0.6 is 0 Å². The summed E-state index contributed by atoms with van der Waals surface area (Å²) in [6, 6.07) is 5.66. The zero-order valence-corrected chi connectivity index (χ0v) is 13.1. The van der Waals surface area contributed by atoms with Crippen LogP contribution in [0.4, 0.5) is 0 Å². The molecule has 1 aromatic carbocycles. The Morgan fingerprint density at radius 1 is 1.18 bits per heavy atom. The highest BCUT2D eigenvalue weighted by Crippen LogP contribution is 2.21. The van der Waals surface area contributed by atoms with Crippen molar-refractivity contribution >= 4 is 21.9 Å². The molecule has 0 bridgehead atoms. The van der Waals surface area contributed by atoms with Gasteiger partial charge in [0, 0.05) is 18.7 Å². The van der Waals surface area contributed by atoms with Gasteiger partial charge in [-0.15, -0.1) is 0 Å². The summed E-state index contributed by atoms with van der Waals surface area (Å²) in [6.45, 7) is 0.830. The number of sulfonamides is 1. The summed E-state index contributed by atoms with van der Waals surface area (Å²) < 4.78 is 30.5. The largest absolute Gasteiger partial charge is 0.468 e. The molecule has 0 atom stereocenters. The SMILES string of the molecule is COC(=O)CNC(=O)c1ccc(S(=O)(=O)N2CCCC2)cc1. The van der Waals surface area contributed by atoms with E-state index >= 15 is 0 Å². The standard InChI is InChI=1S/C14H18N2O5S/c1-21-13(17)10-15-14(18)11-4-6-12(7-5-11)22(19,20)16-8-2-3-9-16/h4-7H,2-3,8-10H2,1H3,(H,15,18). The first-order valence-corrected chi connectivity index (χ1v) is 8.34. The van der Waals surface area contributed by atoms with Crippen molar-refractivity contribution in [2.45, 2.75) is 17.7 Å². The molecule has 22 heavy (non-hydrogen) atoms. The van der Waals surface area contributed by atoms with Crippen LogP contribution in [0.3, 0.4) is 0 Å². The number of esters is 1. The third kappa shape index (κ3) is 3.63. The molecule has 1 aliphatic rings. The molecule has 1 fully saturated rings. The quantitative estimate of drug-likeness (QED) is 0.789. The summed E-state index contributed by atoms with van der Waals surface area (Å²) >= 11 is 0. The summed E-state index contributed by atoms with van der Waals surface area (Å²) in [4.78, 5) is 22.9. The number of methoxy groups -OCH3 is 1. The molecule has 1 aromatic rings. The maximum Gasteiger partial charge on any atom is 0.325 e. The Morgan fingerprint density at radius 2 is 1.77 bits per heavy atom. The van der Waals surface area contributed by atoms with Gasteiger partial charge in [0.05, 0.1) is 12.0 Å². The molecular formula is C14H18N2O5S. The van der Waals surface area contributed by atoms with Gasteiger partial charge in [-0.05, 0) is 37.1 Å². The second kappa shape index (κ2) is 6.89. The second-order valence-electron chi connectivity index (χ2n) is 4.89. The Morgan fingerprint density at radius 3 is 2.32 bits per heavy atom. The fourth-order valence-electron chi connectivity index (χ4n) is 2.18. The summed E-state index contributed by atoms with van der Waals surface area (Å²) in [5, 5.41) is 2.39. The smallest absolute Gasteiger partial charge is 0.325 e. The van der Waals surface area contributed by atoms with Crippen molar-refractivity contribution in [1.82, 2.24) is 9.62 Å². The van der Waals surface area contributed by atoms with E-state index in [-0.39, 0.29) is 17.0 Å². The number of ether oxygens (including phenoxy) is 1. The van der Waals surface area contributed by atoms with Crippen molar-refractivity contribution in [1.29, 1.82) is 0 Å². The average molecular weight is 326 g/mol. The Balaban J connectivity index is 2.06. The van der Waals surface area contributed by atoms with Crippen LogP contribution in [-0.2, 0) is 19.6 Å². The van der Waals surface area contributed by atoms with E-state index in [1.54, 1.807) is 0 Å². The normalized spacial score (nSPS) is 15.5. The molecule has 1 aliphatic heterocycles. The van der Waals surface area contributed by atoms with E-state index in [2.05, 4.69) is 10.1 Å². The van der Waals surface area contributed by atoms with Crippen molar-refractivity contribution in [3.8, 4) is 0 Å². The number of benzene rings is 1. The molecule has 7 nitrogen and oxygen atoms in total. The predicted octanol–water partition coefficient (Wildman–Crippen LogP) is 0.374. The molecular weight excluding hydrogens is 308 g/mol. The highest BCUT2D eigenvalue weighted by atomic mass is 32.2. The number of carbonyl (C=O) groups excluding carboxylic acids is 2. The monoisotopic (exact) mass is 326 g/mol. The topological polar surface area (TPSA) is 92.8 Å². The number of hydrogen-bond donors (Lipinski definition) is 1. The lowest BCUT2D eigenvalue weighted by molar-refractivity contribution is -0.139. The Bertz CT molecular complexity index is 648. The van der Waals surface area contributed by atoms with Gasteiger partial charge in [0.25, 0.3) is 5.91 Å². The van der Waals surface area contributed by atoms with Gasteiger partial charge in [0.15, 0.2) is 0 Å². The van der Waals surface area contributed by atoms with Crippen LogP contribution in [0, 0.1) is 0 Å². The van der Waals surface area contributed by atoms with E-state index in [9.17, 15) is 18.0 Å². The third-order valence-corrected chi connectivity index (χ3v) is 5.35. The van der Waals surface area contributed by atoms with Crippen LogP contribution < -0.4 is 5.32 Å². The van der Waals surface area contributed by atoms with E-state index in [1.807, 2.05) is 0 Å². The van der Waals surface area contributed by atoms with E-state index in [4.69, 9.17) is 0 Å². The number of nitrogens with zero attached hydrogens (tertiary/aromatic N) is 1. The van der Waals surface area contributed by atoms with Gasteiger partial charge in [0.1, 0.15) is 6.54 Å². The molecule has 0 spiro atoms. The average Bonchev–Trinajstić information content (AvgIpc) is 3.07. The Labute approximate surface area is 129 Å². The van der Waals surface area contributed by atoms with Crippen molar-refractivity contribution in [2.75, 3.05) is 26.7 Å². The molecule has 0 saturated carbocycles. The molecule has 0 aliphatic carbocycles. The van der Waals surface area contributed by atoms with Crippen molar-refractivity contribution in [3.05, 3.63) is 29.8 Å². The molecule has 8 heteroatoms. The predicted molar refractivity (Wildman–Crippen MR) is 78.8 cm³/mol. The van der Waals surface area contributed by atoms with Gasteiger partial charge < -0.3 is 10.1 Å². The van der Waals surface area contributed by atoms with Crippen molar-refractivity contribution in [2.24, 2.45) is 0 Å². The van der Waals surface area contributed by atoms with Gasteiger partial charge in [-0.3, -0.25) is 9.59 Å². The first-order chi connectivity index (χ1) is 10.4. The zero-order chi connectivity index (χ0) is 16.2. The van der Waals surface area contributed by atoms with E-state index < -0.39 is 21.9 Å². The molecule has 0 radical (unpaired) electrons. The number of nitrogens with one attached hydrogen (secondary N) is 1. The van der Waals surface area contributed by atoms with Crippen molar-refractivity contribution in [3.63, 3.8) is 0 Å². The number of amides is 1. The fourth-order valence-corrected chi connectivity index (χ4v) is 3.70. The molecule has 1 heterocycles. The van der Waals surface area contributed by atoms with E-state index in [0.717, 1.165) is 12.8 Å². The summed E-state index contributed by atoms with van der Waals surface area (Å²) in [5.74, 6) is -1.02. The van der Waals surface area contributed by atoms with Gasteiger partial charge >= 0.3 is 5.97 Å². The lowest BCUT2D eigenvalue weighted by Crippen LogP contribution is -2.30. The van der Waals surface area contributed by atoms with E-state index in [1.165, 1.54) is 35.7 Å². The third-order valence-electron chi connectivity index (χ3n) is 3.44. The van der Waals surface area contributed by atoms with E-state index in [0.29, 0.717) is 13.1 Å². The Hall–Kier alpha value is -1.93. The minimum Gasteiger partial charge on any atom is -0.468 e. The summed E-state index contributed by atoms with van der Waals surface area (Å²) in [7, 11) is -2.25. The Kier molecular flexibility index (Phi) is 5.15. The molecule has 1 N–H and O–H groups in total.